The number of nitrogens with zero attached hydrogens (tertiary/aromatic N) is 1. The van der Waals surface area contributed by atoms with Gasteiger partial charge in [-0.2, -0.15) is 0 Å². The molecule has 0 bridgehead atoms. The number of piperidine rings is 1. The average Bonchev–Trinajstić information content (AvgIpc) is 3.41. The minimum absolute atomic E-state index is 0.231. The quantitative estimate of drug-likeness (QED) is 0.701. The lowest BCUT2D eigenvalue weighted by Crippen LogP contribution is -2.48. The second kappa shape index (κ2) is 8.57. The number of amides is 1. The predicted molar refractivity (Wildman–Crippen MR) is 110 cm³/mol. The van der Waals surface area contributed by atoms with Gasteiger partial charge in [0.05, 0.1) is 12.0 Å². The van der Waals surface area contributed by atoms with E-state index in [-0.39, 0.29) is 5.41 Å². The fraction of sp³-hybridized carbons (Fsp3) is 0.522. The molecule has 1 aliphatic carbocycles. The number of rotatable bonds is 6. The molecule has 0 unspecified atom stereocenters. The molecular formula is C23H29NO2S. The van der Waals surface area contributed by atoms with Crippen molar-refractivity contribution in [2.45, 2.75) is 50.5 Å². The topological polar surface area (TPSA) is 29.5 Å². The summed E-state index contributed by atoms with van der Waals surface area (Å²) >= 11 is 1.75. The molecule has 1 aromatic carbocycles. The highest BCUT2D eigenvalue weighted by Gasteiger charge is 2.46. The number of hydrogen-bond acceptors (Lipinski definition) is 3. The van der Waals surface area contributed by atoms with Crippen LogP contribution in [0.4, 0.5) is 0 Å². The summed E-state index contributed by atoms with van der Waals surface area (Å²) in [6.07, 6.45) is 6.50. The smallest absolute Gasteiger partial charge is 0.234 e. The van der Waals surface area contributed by atoms with E-state index in [0.29, 0.717) is 18.4 Å². The summed E-state index contributed by atoms with van der Waals surface area (Å²) in [5.74, 6) is 0.949. The first-order valence-electron chi connectivity index (χ1n) is 10.2. The van der Waals surface area contributed by atoms with Gasteiger partial charge in [0.2, 0.25) is 5.91 Å². The molecule has 2 heterocycles. The van der Waals surface area contributed by atoms with E-state index in [2.05, 4.69) is 46.7 Å². The molecular weight excluding hydrogens is 354 g/mol. The normalized spacial score (nSPS) is 20.1. The Morgan fingerprint density at radius 1 is 1.07 bits per heavy atom. The Labute approximate surface area is 166 Å². The summed E-state index contributed by atoms with van der Waals surface area (Å²) < 4.78 is 5.93. The zero-order chi connectivity index (χ0) is 18.5. The molecule has 0 spiro atoms. The molecule has 1 saturated carbocycles. The molecule has 2 aliphatic rings. The van der Waals surface area contributed by atoms with Crippen LogP contribution >= 0.6 is 11.3 Å². The van der Waals surface area contributed by atoms with Gasteiger partial charge in [-0.25, -0.2) is 0 Å². The van der Waals surface area contributed by atoms with Crippen LogP contribution in [0.5, 0.6) is 0 Å². The second-order valence-electron chi connectivity index (χ2n) is 8.00. The lowest BCUT2D eigenvalue weighted by Gasteiger charge is -2.38. The van der Waals surface area contributed by atoms with E-state index in [9.17, 15) is 4.79 Å². The molecule has 3 nitrogen and oxygen atoms in total. The molecule has 2 fully saturated rings. The van der Waals surface area contributed by atoms with Crippen LogP contribution in [0.15, 0.2) is 47.8 Å². The van der Waals surface area contributed by atoms with E-state index in [1.807, 2.05) is 6.07 Å². The van der Waals surface area contributed by atoms with Gasteiger partial charge >= 0.3 is 0 Å². The summed E-state index contributed by atoms with van der Waals surface area (Å²) in [6.45, 7) is 3.24. The van der Waals surface area contributed by atoms with E-state index in [1.54, 1.807) is 11.3 Å². The number of ether oxygens (including phenoxy) is 1. The molecule has 0 atom stereocenters. The Morgan fingerprint density at radius 3 is 2.48 bits per heavy atom. The molecule has 4 heteroatoms. The van der Waals surface area contributed by atoms with Crippen molar-refractivity contribution < 1.29 is 9.53 Å². The Hall–Kier alpha value is -1.65. The second-order valence-corrected chi connectivity index (χ2v) is 8.95. The fourth-order valence-electron chi connectivity index (χ4n) is 4.62. The van der Waals surface area contributed by atoms with Gasteiger partial charge in [-0.1, -0.05) is 49.2 Å². The highest BCUT2D eigenvalue weighted by molar-refractivity contribution is 7.10. The zero-order valence-corrected chi connectivity index (χ0v) is 16.8. The average molecular weight is 384 g/mol. The van der Waals surface area contributed by atoms with Crippen molar-refractivity contribution in [2.24, 2.45) is 5.92 Å². The van der Waals surface area contributed by atoms with Gasteiger partial charge < -0.3 is 9.64 Å². The van der Waals surface area contributed by atoms with Gasteiger partial charge in [-0.05, 0) is 48.6 Å². The summed E-state index contributed by atoms with van der Waals surface area (Å²) in [7, 11) is 0. The standard InChI is InChI=1S/C23H29NO2S/c25-22(23(12-4-5-13-23)21-9-6-16-27-21)24-14-10-20(11-15-24)18-26-17-19-7-2-1-3-8-19/h1-3,6-9,16,20H,4-5,10-15,17-18H2. The molecule has 1 aliphatic heterocycles. The van der Waals surface area contributed by atoms with Crippen molar-refractivity contribution in [1.82, 2.24) is 4.90 Å². The van der Waals surface area contributed by atoms with Gasteiger partial charge in [-0.15, -0.1) is 11.3 Å². The lowest BCUT2D eigenvalue weighted by atomic mass is 9.82. The summed E-state index contributed by atoms with van der Waals surface area (Å²) in [5, 5.41) is 2.11. The number of hydrogen-bond donors (Lipinski definition) is 0. The monoisotopic (exact) mass is 383 g/mol. The first-order chi connectivity index (χ1) is 13.3. The van der Waals surface area contributed by atoms with Crippen LogP contribution in [0.2, 0.25) is 0 Å². The first kappa shape index (κ1) is 18.7. The maximum atomic E-state index is 13.4. The first-order valence-corrected chi connectivity index (χ1v) is 11.1. The highest BCUT2D eigenvalue weighted by Crippen LogP contribution is 2.45. The van der Waals surface area contributed by atoms with Crippen LogP contribution in [-0.2, 0) is 21.6 Å². The van der Waals surface area contributed by atoms with E-state index in [0.717, 1.165) is 45.4 Å². The van der Waals surface area contributed by atoms with Crippen molar-refractivity contribution in [1.29, 1.82) is 0 Å². The van der Waals surface area contributed by atoms with Gasteiger partial charge in [-0.3, -0.25) is 4.79 Å². The molecule has 27 heavy (non-hydrogen) atoms. The van der Waals surface area contributed by atoms with Gasteiger partial charge in [0.25, 0.3) is 0 Å². The summed E-state index contributed by atoms with van der Waals surface area (Å²) in [6, 6.07) is 14.6. The van der Waals surface area contributed by atoms with E-state index >= 15 is 0 Å². The third-order valence-corrected chi connectivity index (χ3v) is 7.30. The Bertz CT molecular complexity index is 714. The van der Waals surface area contributed by atoms with Crippen molar-refractivity contribution in [3.63, 3.8) is 0 Å². The van der Waals surface area contributed by atoms with Crippen molar-refractivity contribution in [2.75, 3.05) is 19.7 Å². The third kappa shape index (κ3) is 4.12. The number of carbonyl (C=O) groups is 1. The molecule has 0 radical (unpaired) electrons. The van der Waals surface area contributed by atoms with Gasteiger partial charge in [0.1, 0.15) is 0 Å². The van der Waals surface area contributed by atoms with Crippen LogP contribution in [0.1, 0.15) is 49.0 Å². The molecule has 2 aromatic rings. The maximum Gasteiger partial charge on any atom is 0.234 e. The van der Waals surface area contributed by atoms with Crippen molar-refractivity contribution >= 4 is 17.2 Å². The fourth-order valence-corrected chi connectivity index (χ4v) is 5.60. The van der Waals surface area contributed by atoms with Crippen LogP contribution < -0.4 is 0 Å². The largest absolute Gasteiger partial charge is 0.376 e. The van der Waals surface area contributed by atoms with E-state index < -0.39 is 0 Å². The van der Waals surface area contributed by atoms with Crippen LogP contribution in [-0.4, -0.2) is 30.5 Å². The van der Waals surface area contributed by atoms with E-state index in [4.69, 9.17) is 4.74 Å². The molecule has 1 amide bonds. The number of carbonyl (C=O) groups excluding carboxylic acids is 1. The summed E-state index contributed by atoms with van der Waals surface area (Å²) in [5.41, 5.74) is 0.995. The van der Waals surface area contributed by atoms with Crippen LogP contribution in [0.25, 0.3) is 0 Å². The van der Waals surface area contributed by atoms with Crippen LogP contribution in [0, 0.1) is 5.92 Å². The summed E-state index contributed by atoms with van der Waals surface area (Å²) in [4.78, 5) is 16.8. The molecule has 4 rings (SSSR count). The maximum absolute atomic E-state index is 13.4. The van der Waals surface area contributed by atoms with Gasteiger partial charge in [0, 0.05) is 24.6 Å². The molecule has 0 N–H and O–H groups in total. The number of benzene rings is 1. The van der Waals surface area contributed by atoms with Gasteiger partial charge in [0.15, 0.2) is 0 Å². The Morgan fingerprint density at radius 2 is 1.81 bits per heavy atom. The highest BCUT2D eigenvalue weighted by atomic mass is 32.1. The SMILES string of the molecule is O=C(N1CCC(COCc2ccccc2)CC1)C1(c2cccs2)CCCC1. The predicted octanol–water partition coefficient (Wildman–Crippen LogP) is 5.02. The Kier molecular flexibility index (Phi) is 5.94. The molecule has 1 saturated heterocycles. The van der Waals surface area contributed by atoms with E-state index in [1.165, 1.54) is 23.3 Å². The minimum atomic E-state index is -0.231. The number of thiophene rings is 1. The molecule has 1 aromatic heterocycles. The molecule has 144 valence electrons. The zero-order valence-electron chi connectivity index (χ0n) is 15.9. The van der Waals surface area contributed by atoms with Crippen molar-refractivity contribution in [3.05, 3.63) is 58.3 Å². The minimum Gasteiger partial charge on any atom is -0.376 e. The van der Waals surface area contributed by atoms with Crippen molar-refractivity contribution in [3.8, 4) is 0 Å². The Balaban J connectivity index is 1.29. The lowest BCUT2D eigenvalue weighted by molar-refractivity contribution is -0.139. The third-order valence-electron chi connectivity index (χ3n) is 6.23. The van der Waals surface area contributed by atoms with Crippen LogP contribution in [0.3, 0.4) is 0 Å². The number of likely N-dealkylation sites (tertiary alicyclic amines) is 1.